The van der Waals surface area contributed by atoms with Crippen LogP contribution in [0.4, 0.5) is 0 Å². The molecule has 29 heavy (non-hydrogen) atoms. The lowest BCUT2D eigenvalue weighted by Gasteiger charge is -2.12. The van der Waals surface area contributed by atoms with Gasteiger partial charge in [-0.05, 0) is 25.7 Å². The monoisotopic (exact) mass is 436 g/mol. The standard InChI is InChI=1S/C19H40N6O3.ClH/c1-2-3-4-5-6-7-8-9-10-12-15-22-18(26)17(20)14-11-13-16-23-19(21)24-25(27)28;/h17H,2-16,20H2,1H3,(H,22,26)(H3,21,23,24);1H/t17-;/m0./s1. The van der Waals surface area contributed by atoms with E-state index in [2.05, 4.69) is 17.2 Å². The molecule has 0 radical (unpaired) electrons. The summed E-state index contributed by atoms with van der Waals surface area (Å²) in [6.45, 7) is 3.27. The number of unbranched alkanes of at least 4 members (excludes halogenated alkanes) is 10. The van der Waals surface area contributed by atoms with E-state index in [-0.39, 0.29) is 24.3 Å². The van der Waals surface area contributed by atoms with E-state index in [1.807, 2.05) is 0 Å². The summed E-state index contributed by atoms with van der Waals surface area (Å²) in [6, 6.07) is -0.527. The number of hydrogen-bond acceptors (Lipinski definition) is 5. The van der Waals surface area contributed by atoms with Crippen molar-refractivity contribution >= 4 is 24.3 Å². The van der Waals surface area contributed by atoms with Crippen molar-refractivity contribution < 1.29 is 9.83 Å². The second kappa shape index (κ2) is 21.1. The van der Waals surface area contributed by atoms with Crippen LogP contribution in [-0.4, -0.2) is 36.0 Å². The number of carbonyl (C=O) groups is 1. The van der Waals surface area contributed by atoms with Crippen LogP contribution in [0.5, 0.6) is 0 Å². The van der Waals surface area contributed by atoms with E-state index >= 15 is 0 Å². The average Bonchev–Trinajstić information content (AvgIpc) is 2.64. The number of carbonyl (C=O) groups excluding carboxylic acids is 1. The molecule has 0 aliphatic heterocycles. The van der Waals surface area contributed by atoms with E-state index in [1.165, 1.54) is 51.4 Å². The number of nitrogens with zero attached hydrogens (tertiary/aromatic N) is 2. The van der Waals surface area contributed by atoms with Gasteiger partial charge in [-0.2, -0.15) is 0 Å². The van der Waals surface area contributed by atoms with E-state index in [0.29, 0.717) is 32.4 Å². The lowest BCUT2D eigenvalue weighted by atomic mass is 10.1. The molecule has 0 aromatic rings. The Bertz CT molecular complexity index is 452. The number of hydrogen-bond donors (Lipinski definition) is 4. The van der Waals surface area contributed by atoms with Gasteiger partial charge in [0.15, 0.2) is 5.03 Å². The van der Waals surface area contributed by atoms with E-state index < -0.39 is 11.1 Å². The maximum Gasteiger partial charge on any atom is 0.251 e. The summed E-state index contributed by atoms with van der Waals surface area (Å²) < 4.78 is 0. The number of guanidine groups is 1. The van der Waals surface area contributed by atoms with Crippen LogP contribution in [0, 0.1) is 10.1 Å². The lowest BCUT2D eigenvalue weighted by Crippen LogP contribution is -2.40. The Balaban J connectivity index is 0. The Labute approximate surface area is 181 Å². The molecule has 1 atom stereocenters. The molecule has 0 saturated carbocycles. The van der Waals surface area contributed by atoms with Crippen LogP contribution < -0.4 is 22.2 Å². The molecule has 0 unspecified atom stereocenters. The predicted molar refractivity (Wildman–Crippen MR) is 121 cm³/mol. The molecule has 0 spiro atoms. The van der Waals surface area contributed by atoms with Crippen LogP contribution in [0.15, 0.2) is 4.99 Å². The molecule has 0 bridgehead atoms. The van der Waals surface area contributed by atoms with Crippen molar-refractivity contribution in [1.82, 2.24) is 10.7 Å². The fourth-order valence-corrected chi connectivity index (χ4v) is 2.89. The van der Waals surface area contributed by atoms with Gasteiger partial charge in [-0.25, -0.2) is 15.1 Å². The minimum atomic E-state index is -0.756. The fourth-order valence-electron chi connectivity index (χ4n) is 2.89. The number of amides is 1. The van der Waals surface area contributed by atoms with Crippen LogP contribution in [-0.2, 0) is 4.79 Å². The van der Waals surface area contributed by atoms with E-state index in [1.54, 1.807) is 5.43 Å². The van der Waals surface area contributed by atoms with Gasteiger partial charge in [-0.1, -0.05) is 70.1 Å². The fraction of sp³-hybridized carbons (Fsp3) is 0.895. The SMILES string of the molecule is CCCCCCCCCCCCNC(=O)[C@@H](N)CCCCN=C(N)N[N+](=O)[O-].Cl. The van der Waals surface area contributed by atoms with Gasteiger partial charge in [0.2, 0.25) is 5.91 Å². The summed E-state index contributed by atoms with van der Waals surface area (Å²) in [5, 5.41) is 12.3. The highest BCUT2D eigenvalue weighted by Gasteiger charge is 2.11. The molecule has 0 saturated heterocycles. The van der Waals surface area contributed by atoms with Crippen LogP contribution in [0.1, 0.15) is 90.4 Å². The zero-order valence-corrected chi connectivity index (χ0v) is 18.7. The lowest BCUT2D eigenvalue weighted by molar-refractivity contribution is -0.525. The number of nitrogens with two attached hydrogens (primary N) is 2. The maximum atomic E-state index is 11.9. The third-order valence-electron chi connectivity index (χ3n) is 4.58. The number of nitro groups is 1. The third kappa shape index (κ3) is 20.9. The molecule has 0 aromatic heterocycles. The first-order valence-electron chi connectivity index (χ1n) is 10.7. The molecule has 6 N–H and O–H groups in total. The van der Waals surface area contributed by atoms with Crippen molar-refractivity contribution in [2.75, 3.05) is 13.1 Å². The second-order valence-electron chi connectivity index (χ2n) is 7.21. The summed E-state index contributed by atoms with van der Waals surface area (Å²) in [5.41, 5.74) is 13.0. The van der Waals surface area contributed by atoms with Gasteiger partial charge < -0.3 is 16.8 Å². The van der Waals surface area contributed by atoms with Gasteiger partial charge in [-0.15, -0.1) is 12.4 Å². The molecule has 172 valence electrons. The number of halogens is 1. The Kier molecular flexibility index (Phi) is 21.5. The average molecular weight is 437 g/mol. The van der Waals surface area contributed by atoms with Crippen LogP contribution in [0.25, 0.3) is 0 Å². The molecule has 0 aliphatic carbocycles. The van der Waals surface area contributed by atoms with Gasteiger partial charge in [0.1, 0.15) is 0 Å². The first-order valence-corrected chi connectivity index (χ1v) is 10.7. The Morgan fingerprint density at radius 3 is 2.10 bits per heavy atom. The van der Waals surface area contributed by atoms with Crippen LogP contribution in [0.3, 0.4) is 0 Å². The smallest absolute Gasteiger partial charge is 0.251 e. The summed E-state index contributed by atoms with van der Waals surface area (Å²) in [4.78, 5) is 25.9. The molecule has 10 heteroatoms. The minimum absolute atomic E-state index is 0. The van der Waals surface area contributed by atoms with Gasteiger partial charge in [0, 0.05) is 13.1 Å². The van der Waals surface area contributed by atoms with Crippen molar-refractivity contribution in [1.29, 1.82) is 0 Å². The van der Waals surface area contributed by atoms with Crippen molar-refractivity contribution in [3.8, 4) is 0 Å². The number of aliphatic imine (C=N–C) groups is 1. The summed E-state index contributed by atoms with van der Waals surface area (Å²) in [7, 11) is 0. The molecule has 0 heterocycles. The second-order valence-corrected chi connectivity index (χ2v) is 7.21. The molecular formula is C19H41ClN6O3. The number of rotatable bonds is 18. The highest BCUT2D eigenvalue weighted by atomic mass is 35.5. The normalized spacial score (nSPS) is 12.1. The van der Waals surface area contributed by atoms with E-state index in [9.17, 15) is 14.9 Å². The first kappa shape index (κ1) is 29.6. The summed E-state index contributed by atoms with van der Waals surface area (Å²) in [6.07, 6.45) is 14.6. The number of hydrazine groups is 1. The van der Waals surface area contributed by atoms with Crippen molar-refractivity contribution in [3.05, 3.63) is 10.1 Å². The van der Waals surface area contributed by atoms with E-state index in [4.69, 9.17) is 11.5 Å². The molecule has 0 aliphatic rings. The highest BCUT2D eigenvalue weighted by molar-refractivity contribution is 5.85. The van der Waals surface area contributed by atoms with E-state index in [0.717, 1.165) is 12.8 Å². The Hall–Kier alpha value is -1.61. The Morgan fingerprint density at radius 1 is 1.00 bits per heavy atom. The van der Waals surface area contributed by atoms with Gasteiger partial charge in [0.25, 0.3) is 5.96 Å². The quantitative estimate of drug-likeness (QED) is 0.0852. The molecule has 9 nitrogen and oxygen atoms in total. The molecule has 1 amide bonds. The van der Waals surface area contributed by atoms with Crippen molar-refractivity contribution in [3.63, 3.8) is 0 Å². The van der Waals surface area contributed by atoms with Crippen LogP contribution in [0.2, 0.25) is 0 Å². The van der Waals surface area contributed by atoms with Gasteiger partial charge in [-0.3, -0.25) is 4.79 Å². The first-order chi connectivity index (χ1) is 13.5. The molecule has 0 aromatic carbocycles. The van der Waals surface area contributed by atoms with Crippen LogP contribution >= 0.6 is 12.4 Å². The Morgan fingerprint density at radius 2 is 1.55 bits per heavy atom. The molecular weight excluding hydrogens is 396 g/mol. The van der Waals surface area contributed by atoms with Gasteiger partial charge in [0.05, 0.1) is 6.04 Å². The third-order valence-corrected chi connectivity index (χ3v) is 4.58. The molecule has 0 fully saturated rings. The van der Waals surface area contributed by atoms with Gasteiger partial charge >= 0.3 is 0 Å². The largest absolute Gasteiger partial charge is 0.365 e. The summed E-state index contributed by atoms with van der Waals surface area (Å²) >= 11 is 0. The topological polar surface area (TPSA) is 149 Å². The predicted octanol–water partition coefficient (Wildman–Crippen LogP) is 3.04. The van der Waals surface area contributed by atoms with Crippen molar-refractivity contribution in [2.45, 2.75) is 96.4 Å². The zero-order valence-electron chi connectivity index (χ0n) is 17.9. The molecule has 0 rings (SSSR count). The summed E-state index contributed by atoms with van der Waals surface area (Å²) in [5.74, 6) is -0.336. The number of nitrogens with one attached hydrogen (secondary N) is 2. The zero-order chi connectivity index (χ0) is 21.0. The minimum Gasteiger partial charge on any atom is -0.365 e. The maximum absolute atomic E-state index is 11.9. The highest BCUT2D eigenvalue weighted by Crippen LogP contribution is 2.10. The van der Waals surface area contributed by atoms with Crippen molar-refractivity contribution in [2.24, 2.45) is 16.5 Å².